The number of nitrogens with zero attached hydrogens (tertiary/aromatic N) is 5. The van der Waals surface area contributed by atoms with E-state index < -0.39 is 22.8 Å². The van der Waals surface area contributed by atoms with Gasteiger partial charge in [0.1, 0.15) is 5.54 Å². The van der Waals surface area contributed by atoms with Gasteiger partial charge in [-0.25, -0.2) is 0 Å². The van der Waals surface area contributed by atoms with Crippen LogP contribution < -0.4 is 10.6 Å². The topological polar surface area (TPSA) is 96.9 Å². The summed E-state index contributed by atoms with van der Waals surface area (Å²) in [6.07, 6.45) is 1.19. The van der Waals surface area contributed by atoms with Crippen LogP contribution in [0.1, 0.15) is 77.3 Å². The molecule has 3 fully saturated rings. The smallest absolute Gasteiger partial charge is 0.369 e. The molecule has 0 radical (unpaired) electrons. The summed E-state index contributed by atoms with van der Waals surface area (Å²) in [5.41, 5.74) is 2.88. The van der Waals surface area contributed by atoms with Crippen LogP contribution in [0.3, 0.4) is 0 Å². The van der Waals surface area contributed by atoms with Crippen LogP contribution in [0.5, 0.6) is 0 Å². The molecule has 0 spiro atoms. The zero-order valence-corrected chi connectivity index (χ0v) is 26.8. The predicted octanol–water partition coefficient (Wildman–Crippen LogP) is 4.93. The molecule has 1 saturated carbocycles. The van der Waals surface area contributed by atoms with Gasteiger partial charge >= 0.3 is 6.18 Å². The number of nitriles is 1. The van der Waals surface area contributed by atoms with E-state index in [0.717, 1.165) is 70.3 Å². The highest BCUT2D eigenvalue weighted by Crippen LogP contribution is 2.41. The molecular formula is C30H42ClF3N6O2S. The van der Waals surface area contributed by atoms with Gasteiger partial charge in [-0.1, -0.05) is 0 Å². The Morgan fingerprint density at radius 1 is 1.14 bits per heavy atom. The Morgan fingerprint density at radius 2 is 1.74 bits per heavy atom. The Morgan fingerprint density at radius 3 is 2.28 bits per heavy atom. The monoisotopic (exact) mass is 642 g/mol. The Bertz CT molecular complexity index is 1240. The first-order valence-electron chi connectivity index (χ1n) is 14.7. The number of alkyl halides is 3. The first-order valence-corrected chi connectivity index (χ1v) is 15.1. The summed E-state index contributed by atoms with van der Waals surface area (Å²) in [5, 5.41) is 9.37. The highest BCUT2D eigenvalue weighted by atomic mass is 35.5. The molecule has 2 saturated heterocycles. The Kier molecular flexibility index (Phi) is 11.1. The van der Waals surface area contributed by atoms with Gasteiger partial charge in [-0.3, -0.25) is 19.4 Å². The van der Waals surface area contributed by atoms with Crippen LogP contribution in [-0.4, -0.2) is 81.5 Å². The Labute approximate surface area is 263 Å². The summed E-state index contributed by atoms with van der Waals surface area (Å²) < 4.78 is 40.9. The highest BCUT2D eigenvalue weighted by Gasteiger charge is 2.52. The van der Waals surface area contributed by atoms with Crippen LogP contribution in [-0.2, 0) is 15.8 Å². The first-order chi connectivity index (χ1) is 19.6. The van der Waals surface area contributed by atoms with Crippen molar-refractivity contribution in [3.63, 3.8) is 0 Å². The number of piperazine rings is 1. The van der Waals surface area contributed by atoms with E-state index in [1.54, 1.807) is 19.9 Å². The number of amides is 2. The fraction of sp³-hybridized carbons (Fsp3) is 0.667. The van der Waals surface area contributed by atoms with Gasteiger partial charge in [0.25, 0.3) is 5.91 Å². The maximum Gasteiger partial charge on any atom is 0.417 e. The number of hydrogen-bond acceptors (Lipinski definition) is 6. The largest absolute Gasteiger partial charge is 0.417 e. The molecule has 2 amide bonds. The molecule has 13 heteroatoms. The van der Waals surface area contributed by atoms with Gasteiger partial charge in [-0.15, -0.1) is 12.4 Å². The van der Waals surface area contributed by atoms with Crippen molar-refractivity contribution in [3.05, 3.63) is 29.3 Å². The van der Waals surface area contributed by atoms with Crippen molar-refractivity contribution in [1.82, 2.24) is 14.7 Å². The second-order valence-electron chi connectivity index (χ2n) is 12.6. The Balaban J connectivity index is 0.00000506. The van der Waals surface area contributed by atoms with Gasteiger partial charge in [0.15, 0.2) is 5.11 Å². The molecule has 2 aliphatic heterocycles. The van der Waals surface area contributed by atoms with Crippen molar-refractivity contribution in [2.75, 3.05) is 31.1 Å². The SMILES string of the molecule is C[C@@H]1CN(CCCC2CCC(N3C(=S)N(c4ccc(C#N)c(C(F)(F)F)c4)C(=O)C3(C)C)CC2)C[C@H](C)N1CC(N)=O.Cl. The third kappa shape index (κ3) is 7.44. The molecule has 0 aromatic heterocycles. The maximum absolute atomic E-state index is 13.6. The van der Waals surface area contributed by atoms with Gasteiger partial charge in [0, 0.05) is 31.2 Å². The third-order valence-corrected chi connectivity index (χ3v) is 9.58. The van der Waals surface area contributed by atoms with Crippen LogP contribution in [0, 0.1) is 17.2 Å². The van der Waals surface area contributed by atoms with E-state index in [4.69, 9.17) is 23.2 Å². The number of halogens is 4. The van der Waals surface area contributed by atoms with E-state index in [1.165, 1.54) is 11.0 Å². The average Bonchev–Trinajstić information content (AvgIpc) is 3.08. The first kappa shape index (κ1) is 35.0. The molecule has 4 rings (SSSR count). The zero-order valence-electron chi connectivity index (χ0n) is 25.2. The third-order valence-electron chi connectivity index (χ3n) is 9.20. The lowest BCUT2D eigenvalue weighted by Gasteiger charge is -2.44. The number of carbonyl (C=O) groups is 2. The van der Waals surface area contributed by atoms with Crippen molar-refractivity contribution in [2.24, 2.45) is 11.7 Å². The fourth-order valence-electron chi connectivity index (χ4n) is 7.09. The van der Waals surface area contributed by atoms with Crippen molar-refractivity contribution in [2.45, 2.75) is 96.1 Å². The van der Waals surface area contributed by atoms with Gasteiger partial charge in [-0.2, -0.15) is 18.4 Å². The lowest BCUT2D eigenvalue weighted by Crippen LogP contribution is -2.58. The number of thiocarbonyl (C=S) groups is 1. The van der Waals surface area contributed by atoms with E-state index in [0.29, 0.717) is 12.5 Å². The van der Waals surface area contributed by atoms with Crippen LogP contribution in [0.15, 0.2) is 18.2 Å². The normalized spacial score (nSPS) is 26.7. The average molecular weight is 643 g/mol. The highest BCUT2D eigenvalue weighted by molar-refractivity contribution is 7.80. The van der Waals surface area contributed by atoms with E-state index in [1.807, 2.05) is 4.90 Å². The quantitative estimate of drug-likeness (QED) is 0.402. The number of carbonyl (C=O) groups excluding carboxylic acids is 2. The van der Waals surface area contributed by atoms with Crippen molar-refractivity contribution >= 4 is 47.2 Å². The molecule has 0 bridgehead atoms. The lowest BCUT2D eigenvalue weighted by molar-refractivity contribution is -0.137. The standard InChI is InChI=1S/C30H41F3N6O2S.ClH/c1-19-16-36(17-20(2)37(19)18-26(35)40)13-5-6-21-7-10-23(11-8-21)39-28(42)38(27(41)29(39,3)4)24-12-9-22(15-34)25(14-24)30(31,32)33;/h9,12,14,19-21,23H,5-8,10-11,13,16-18H2,1-4H3,(H2,35,40);1H/t19-,20+,21?,23?;. The predicted molar refractivity (Wildman–Crippen MR) is 166 cm³/mol. The van der Waals surface area contributed by atoms with Crippen LogP contribution >= 0.6 is 24.6 Å². The summed E-state index contributed by atoms with van der Waals surface area (Å²) in [7, 11) is 0. The number of primary amides is 1. The number of anilines is 1. The molecule has 8 nitrogen and oxygen atoms in total. The van der Waals surface area contributed by atoms with Crippen molar-refractivity contribution < 1.29 is 22.8 Å². The molecule has 1 aliphatic carbocycles. The maximum atomic E-state index is 13.6. The molecule has 0 unspecified atom stereocenters. The molecule has 3 aliphatic rings. The minimum absolute atomic E-state index is 0. The minimum atomic E-state index is -4.73. The summed E-state index contributed by atoms with van der Waals surface area (Å²) in [5.74, 6) is -0.0872. The number of benzene rings is 1. The molecule has 238 valence electrons. The van der Waals surface area contributed by atoms with E-state index >= 15 is 0 Å². The molecule has 1 aromatic rings. The van der Waals surface area contributed by atoms with E-state index in [2.05, 4.69) is 23.6 Å². The molecule has 43 heavy (non-hydrogen) atoms. The molecule has 2 N–H and O–H groups in total. The van der Waals surface area contributed by atoms with Crippen LogP contribution in [0.2, 0.25) is 0 Å². The van der Waals surface area contributed by atoms with Gasteiger partial charge < -0.3 is 15.5 Å². The van der Waals surface area contributed by atoms with Gasteiger partial charge in [0.2, 0.25) is 5.91 Å². The number of nitrogens with two attached hydrogens (primary N) is 1. The Hall–Kier alpha value is -2.46. The van der Waals surface area contributed by atoms with Crippen molar-refractivity contribution in [3.8, 4) is 6.07 Å². The molecule has 1 aromatic carbocycles. The number of hydrogen-bond donors (Lipinski definition) is 1. The lowest BCUT2D eigenvalue weighted by atomic mass is 9.82. The van der Waals surface area contributed by atoms with Crippen molar-refractivity contribution in [1.29, 1.82) is 5.26 Å². The van der Waals surface area contributed by atoms with Gasteiger partial charge in [-0.05, 0) is 109 Å². The molecule has 2 heterocycles. The second kappa shape index (κ2) is 13.7. The van der Waals surface area contributed by atoms with Crippen LogP contribution in [0.4, 0.5) is 18.9 Å². The summed E-state index contributed by atoms with van der Waals surface area (Å²) in [6, 6.07) is 5.45. The van der Waals surface area contributed by atoms with Crippen LogP contribution in [0.25, 0.3) is 0 Å². The van der Waals surface area contributed by atoms with E-state index in [9.17, 15) is 22.8 Å². The fourth-order valence-corrected chi connectivity index (χ4v) is 7.66. The molecule has 2 atom stereocenters. The zero-order chi connectivity index (χ0) is 31.0. The molecular weight excluding hydrogens is 601 g/mol. The van der Waals surface area contributed by atoms with Gasteiger partial charge in [0.05, 0.1) is 29.4 Å². The summed E-state index contributed by atoms with van der Waals surface area (Å²) in [6.45, 7) is 11.0. The number of rotatable bonds is 8. The van der Waals surface area contributed by atoms with E-state index in [-0.39, 0.29) is 53.1 Å². The summed E-state index contributed by atoms with van der Waals surface area (Å²) >= 11 is 5.72. The second-order valence-corrected chi connectivity index (χ2v) is 13.0. The minimum Gasteiger partial charge on any atom is -0.369 e. The summed E-state index contributed by atoms with van der Waals surface area (Å²) in [4.78, 5) is 32.7.